The Labute approximate surface area is 140 Å². The second kappa shape index (κ2) is 7.94. The zero-order valence-electron chi connectivity index (χ0n) is 12.3. The van der Waals surface area contributed by atoms with Crippen molar-refractivity contribution >= 4 is 35.6 Å². The molecule has 2 atom stereocenters. The number of thiophene rings is 1. The van der Waals surface area contributed by atoms with Crippen molar-refractivity contribution in [3.63, 3.8) is 0 Å². The summed E-state index contributed by atoms with van der Waals surface area (Å²) >= 11 is 1.41. The Balaban J connectivity index is 0.00000176. The van der Waals surface area contributed by atoms with E-state index in [2.05, 4.69) is 16.0 Å². The molecule has 2 aliphatic rings. The molecule has 0 saturated carbocycles. The summed E-state index contributed by atoms with van der Waals surface area (Å²) in [7, 11) is 0. The van der Waals surface area contributed by atoms with Crippen molar-refractivity contribution in [2.75, 3.05) is 6.54 Å². The van der Waals surface area contributed by atoms with Gasteiger partial charge in [0.15, 0.2) is 0 Å². The van der Waals surface area contributed by atoms with Crippen LogP contribution in [0.15, 0.2) is 17.5 Å². The summed E-state index contributed by atoms with van der Waals surface area (Å²) in [6, 6.07) is 5.08. The molecule has 1 aromatic heterocycles. The first-order valence-electron chi connectivity index (χ1n) is 7.58. The lowest BCUT2D eigenvalue weighted by Gasteiger charge is -2.29. The number of piperidine rings is 1. The van der Waals surface area contributed by atoms with Crippen LogP contribution in [0.1, 0.15) is 41.8 Å². The molecule has 0 aromatic carbocycles. The van der Waals surface area contributed by atoms with E-state index in [4.69, 9.17) is 0 Å². The minimum Gasteiger partial charge on any atom is -0.353 e. The van der Waals surface area contributed by atoms with Gasteiger partial charge < -0.3 is 16.0 Å². The van der Waals surface area contributed by atoms with Gasteiger partial charge in [0.1, 0.15) is 0 Å². The first-order valence-corrected chi connectivity index (χ1v) is 8.46. The predicted molar refractivity (Wildman–Crippen MR) is 89.6 cm³/mol. The molecule has 22 heavy (non-hydrogen) atoms. The first kappa shape index (κ1) is 17.2. The normalized spacial score (nSPS) is 26.1. The summed E-state index contributed by atoms with van der Waals surface area (Å²) in [4.78, 5) is 24.3. The molecule has 0 aliphatic carbocycles. The maximum atomic E-state index is 11.9. The van der Waals surface area contributed by atoms with Crippen LogP contribution in [0.2, 0.25) is 0 Å². The SMILES string of the molecule is Cl.O=C(CCNC(=O)c1cccs1)NC1CC2CCC(C1)N2. The smallest absolute Gasteiger partial charge is 0.261 e. The highest BCUT2D eigenvalue weighted by Crippen LogP contribution is 2.26. The van der Waals surface area contributed by atoms with E-state index in [0.717, 1.165) is 12.8 Å². The van der Waals surface area contributed by atoms with Gasteiger partial charge in [0.2, 0.25) is 5.91 Å². The lowest BCUT2D eigenvalue weighted by Crippen LogP contribution is -2.48. The molecule has 7 heteroatoms. The van der Waals surface area contributed by atoms with E-state index in [1.165, 1.54) is 24.2 Å². The average molecular weight is 344 g/mol. The molecule has 1 aromatic rings. The molecule has 5 nitrogen and oxygen atoms in total. The van der Waals surface area contributed by atoms with E-state index >= 15 is 0 Å². The molecule has 2 unspecified atom stereocenters. The van der Waals surface area contributed by atoms with Gasteiger partial charge in [-0.3, -0.25) is 9.59 Å². The van der Waals surface area contributed by atoms with Gasteiger partial charge in [-0.15, -0.1) is 23.7 Å². The fraction of sp³-hybridized carbons (Fsp3) is 0.600. The zero-order chi connectivity index (χ0) is 14.7. The molecular formula is C15H22ClN3O2S. The van der Waals surface area contributed by atoms with Gasteiger partial charge in [-0.05, 0) is 37.1 Å². The van der Waals surface area contributed by atoms with E-state index < -0.39 is 0 Å². The highest BCUT2D eigenvalue weighted by Gasteiger charge is 2.33. The molecule has 2 bridgehead atoms. The third-order valence-corrected chi connectivity index (χ3v) is 5.09. The fourth-order valence-electron chi connectivity index (χ4n) is 3.26. The van der Waals surface area contributed by atoms with Gasteiger partial charge in [0.25, 0.3) is 5.91 Å². The highest BCUT2D eigenvalue weighted by molar-refractivity contribution is 7.12. The number of amides is 2. The maximum Gasteiger partial charge on any atom is 0.261 e. The summed E-state index contributed by atoms with van der Waals surface area (Å²) in [5.74, 6) is -0.0644. The Bertz CT molecular complexity index is 497. The number of nitrogens with one attached hydrogen (secondary N) is 3. The largest absolute Gasteiger partial charge is 0.353 e. The average Bonchev–Trinajstić information content (AvgIpc) is 3.09. The zero-order valence-corrected chi connectivity index (χ0v) is 14.0. The molecule has 3 rings (SSSR count). The van der Waals surface area contributed by atoms with Crippen LogP contribution in [0.5, 0.6) is 0 Å². The van der Waals surface area contributed by atoms with Crippen LogP contribution in [-0.2, 0) is 4.79 Å². The van der Waals surface area contributed by atoms with Crippen LogP contribution in [0.25, 0.3) is 0 Å². The minimum atomic E-state index is -0.0993. The molecule has 0 spiro atoms. The predicted octanol–water partition coefficient (Wildman–Crippen LogP) is 1.69. The van der Waals surface area contributed by atoms with Crippen molar-refractivity contribution in [2.24, 2.45) is 0 Å². The molecule has 2 amide bonds. The van der Waals surface area contributed by atoms with Crippen LogP contribution in [0.3, 0.4) is 0 Å². The number of hydrogen-bond acceptors (Lipinski definition) is 4. The van der Waals surface area contributed by atoms with Crippen LogP contribution >= 0.6 is 23.7 Å². The summed E-state index contributed by atoms with van der Waals surface area (Å²) in [5.41, 5.74) is 0. The van der Waals surface area contributed by atoms with Crippen molar-refractivity contribution in [3.8, 4) is 0 Å². The Morgan fingerprint density at radius 3 is 2.64 bits per heavy atom. The third kappa shape index (κ3) is 4.44. The number of carbonyl (C=O) groups is 2. The lowest BCUT2D eigenvalue weighted by molar-refractivity contribution is -0.121. The number of carbonyl (C=O) groups excluding carboxylic acids is 2. The molecule has 0 radical (unpaired) electrons. The second-order valence-corrected chi connectivity index (χ2v) is 6.80. The van der Waals surface area contributed by atoms with E-state index in [9.17, 15) is 9.59 Å². The molecule has 122 valence electrons. The Morgan fingerprint density at radius 2 is 2.00 bits per heavy atom. The molecule has 3 heterocycles. The Kier molecular flexibility index (Phi) is 6.23. The van der Waals surface area contributed by atoms with Crippen LogP contribution in [-0.4, -0.2) is 36.5 Å². The topological polar surface area (TPSA) is 70.2 Å². The fourth-order valence-corrected chi connectivity index (χ4v) is 3.90. The first-order chi connectivity index (χ1) is 10.2. The van der Waals surface area contributed by atoms with Crippen LogP contribution < -0.4 is 16.0 Å². The second-order valence-electron chi connectivity index (χ2n) is 5.86. The van der Waals surface area contributed by atoms with Crippen molar-refractivity contribution < 1.29 is 9.59 Å². The van der Waals surface area contributed by atoms with Crippen molar-refractivity contribution in [2.45, 2.75) is 50.2 Å². The van der Waals surface area contributed by atoms with E-state index in [-0.39, 0.29) is 24.2 Å². The number of rotatable bonds is 5. The highest BCUT2D eigenvalue weighted by atomic mass is 35.5. The summed E-state index contributed by atoms with van der Waals surface area (Å²) in [5, 5.41) is 11.3. The number of fused-ring (bicyclic) bond motifs is 2. The number of halogens is 1. The van der Waals surface area contributed by atoms with Crippen molar-refractivity contribution in [1.29, 1.82) is 0 Å². The van der Waals surface area contributed by atoms with Gasteiger partial charge in [-0.1, -0.05) is 6.07 Å². The van der Waals surface area contributed by atoms with Crippen molar-refractivity contribution in [1.82, 2.24) is 16.0 Å². The van der Waals surface area contributed by atoms with Crippen molar-refractivity contribution in [3.05, 3.63) is 22.4 Å². The van der Waals surface area contributed by atoms with Gasteiger partial charge >= 0.3 is 0 Å². The monoisotopic (exact) mass is 343 g/mol. The standard InChI is InChI=1S/C15H21N3O2S.ClH/c19-14(5-6-16-15(20)13-2-1-7-21-13)18-12-8-10-3-4-11(9-12)17-10;/h1-2,7,10-12,17H,3-6,8-9H2,(H,16,20)(H,18,19);1H. The van der Waals surface area contributed by atoms with Gasteiger partial charge in [0, 0.05) is 31.1 Å². The van der Waals surface area contributed by atoms with Gasteiger partial charge in [-0.25, -0.2) is 0 Å². The maximum absolute atomic E-state index is 11.9. The molecule has 2 saturated heterocycles. The molecule has 2 aliphatic heterocycles. The quantitative estimate of drug-likeness (QED) is 0.762. The Morgan fingerprint density at radius 1 is 1.27 bits per heavy atom. The molecule has 3 N–H and O–H groups in total. The Hall–Kier alpha value is -1.11. The van der Waals surface area contributed by atoms with E-state index in [1.54, 1.807) is 6.07 Å². The summed E-state index contributed by atoms with van der Waals surface area (Å²) < 4.78 is 0. The van der Waals surface area contributed by atoms with Gasteiger partial charge in [0.05, 0.1) is 4.88 Å². The number of hydrogen-bond donors (Lipinski definition) is 3. The molecule has 2 fully saturated rings. The van der Waals surface area contributed by atoms with E-state index in [0.29, 0.717) is 36.0 Å². The van der Waals surface area contributed by atoms with Gasteiger partial charge in [-0.2, -0.15) is 0 Å². The van der Waals surface area contributed by atoms with Crippen LogP contribution in [0, 0.1) is 0 Å². The lowest BCUT2D eigenvalue weighted by atomic mass is 10.00. The minimum absolute atomic E-state index is 0. The van der Waals surface area contributed by atoms with Crippen LogP contribution in [0.4, 0.5) is 0 Å². The summed E-state index contributed by atoms with van der Waals surface area (Å²) in [6.07, 6.45) is 4.87. The summed E-state index contributed by atoms with van der Waals surface area (Å²) in [6.45, 7) is 0.389. The van der Waals surface area contributed by atoms with E-state index in [1.807, 2.05) is 11.4 Å². The molecular weight excluding hydrogens is 322 g/mol. The third-order valence-electron chi connectivity index (χ3n) is 4.22.